The molecule has 2 aromatic heterocycles. The molecule has 1 atom stereocenters. The Bertz CT molecular complexity index is 1980. The van der Waals surface area contributed by atoms with Crippen molar-refractivity contribution >= 4 is 29.1 Å². The zero-order valence-electron chi connectivity index (χ0n) is 30.3. The molecule has 5 aliphatic rings. The summed E-state index contributed by atoms with van der Waals surface area (Å²) in [6.45, 7) is 5.96. The van der Waals surface area contributed by atoms with Crippen LogP contribution in [-0.2, 0) is 16.1 Å². The van der Waals surface area contributed by atoms with Crippen LogP contribution in [0.3, 0.4) is 0 Å². The summed E-state index contributed by atoms with van der Waals surface area (Å²) in [5.41, 5.74) is 18.8. The van der Waals surface area contributed by atoms with E-state index in [1.54, 1.807) is 6.20 Å². The molecule has 1 aromatic carbocycles. The zero-order chi connectivity index (χ0) is 36.8. The standard InChI is InChI=1S/C38H48N12O3/c1-3-30-34-27(18-42-50(34)25-20-48(21-25)19-24-13-14-41-35(43-24)38(53)49-15-4-5-16-49)26-7-6-8-28(33(26)47(30)2)45-29(32(40)37(52)44-23-11-12-23)17-31(39)46-36(51)22-9-10-22/h6-8,13-14,17-18,22-23,25,30,45H,3-5,9-12,15-16,19-21,39-40H2,1-2H3,(H,44,52)(H,46,51)/b31-17+,32-29+. The molecule has 3 amide bonds. The van der Waals surface area contributed by atoms with E-state index in [-0.39, 0.29) is 59.1 Å². The van der Waals surface area contributed by atoms with Crippen LogP contribution in [0.1, 0.15) is 86.0 Å². The Balaban J connectivity index is 1.03. The van der Waals surface area contributed by atoms with E-state index >= 15 is 0 Å². The van der Waals surface area contributed by atoms with Crippen molar-refractivity contribution in [1.82, 2.24) is 40.2 Å². The number of para-hydroxylation sites is 1. The molecular weight excluding hydrogens is 672 g/mol. The summed E-state index contributed by atoms with van der Waals surface area (Å²) < 4.78 is 2.18. The first kappa shape index (κ1) is 34.6. The molecule has 53 heavy (non-hydrogen) atoms. The van der Waals surface area contributed by atoms with Crippen molar-refractivity contribution < 1.29 is 14.4 Å². The molecule has 2 aliphatic carbocycles. The van der Waals surface area contributed by atoms with Crippen LogP contribution in [0.5, 0.6) is 0 Å². The van der Waals surface area contributed by atoms with Crippen LogP contribution in [0.25, 0.3) is 11.1 Å². The van der Waals surface area contributed by atoms with Crippen LogP contribution in [0.4, 0.5) is 11.4 Å². The van der Waals surface area contributed by atoms with E-state index in [2.05, 4.69) is 60.4 Å². The number of benzene rings is 1. The molecule has 0 radical (unpaired) electrons. The molecule has 3 aromatic rings. The molecular formula is C38H48N12O3. The van der Waals surface area contributed by atoms with Crippen molar-refractivity contribution in [2.75, 3.05) is 43.4 Å². The summed E-state index contributed by atoms with van der Waals surface area (Å²) in [5.74, 6) is -0.241. The number of hydrogen-bond acceptors (Lipinski definition) is 11. The van der Waals surface area contributed by atoms with Crippen LogP contribution >= 0.6 is 0 Å². The van der Waals surface area contributed by atoms with Gasteiger partial charge in [-0.15, -0.1) is 0 Å². The number of likely N-dealkylation sites (tertiary alicyclic amines) is 2. The molecule has 5 heterocycles. The van der Waals surface area contributed by atoms with Crippen LogP contribution in [-0.4, -0.2) is 86.5 Å². The third-order valence-electron chi connectivity index (χ3n) is 10.9. The number of hydrogen-bond donors (Lipinski definition) is 5. The van der Waals surface area contributed by atoms with Gasteiger partial charge in [0.2, 0.25) is 11.7 Å². The highest BCUT2D eigenvalue weighted by Crippen LogP contribution is 2.49. The highest BCUT2D eigenvalue weighted by Gasteiger charge is 2.38. The highest BCUT2D eigenvalue weighted by atomic mass is 16.2. The van der Waals surface area contributed by atoms with Gasteiger partial charge in [-0.05, 0) is 57.1 Å². The van der Waals surface area contributed by atoms with Crippen molar-refractivity contribution in [3.8, 4) is 11.1 Å². The topological polar surface area (TPSA) is 193 Å². The second-order valence-electron chi connectivity index (χ2n) is 14.9. The van der Waals surface area contributed by atoms with E-state index < -0.39 is 0 Å². The lowest BCUT2D eigenvalue weighted by Gasteiger charge is -2.43. The Morgan fingerprint density at radius 3 is 2.51 bits per heavy atom. The van der Waals surface area contributed by atoms with E-state index in [1.807, 2.05) is 29.3 Å². The number of fused-ring (bicyclic) bond motifs is 3. The van der Waals surface area contributed by atoms with Gasteiger partial charge < -0.3 is 37.2 Å². The Morgan fingerprint density at radius 2 is 1.79 bits per heavy atom. The normalized spacial score (nSPS) is 20.6. The lowest BCUT2D eigenvalue weighted by molar-refractivity contribution is -0.121. The van der Waals surface area contributed by atoms with E-state index in [4.69, 9.17) is 16.6 Å². The van der Waals surface area contributed by atoms with Crippen molar-refractivity contribution in [3.05, 3.63) is 77.2 Å². The minimum atomic E-state index is -0.383. The van der Waals surface area contributed by atoms with Gasteiger partial charge in [0, 0.05) is 75.1 Å². The van der Waals surface area contributed by atoms with E-state index in [9.17, 15) is 14.4 Å². The summed E-state index contributed by atoms with van der Waals surface area (Å²) >= 11 is 0. The molecule has 8 rings (SSSR count). The summed E-state index contributed by atoms with van der Waals surface area (Å²) in [5, 5.41) is 14.1. The maximum absolute atomic E-state index is 13.1. The van der Waals surface area contributed by atoms with Crippen LogP contribution in [0.2, 0.25) is 0 Å². The third-order valence-corrected chi connectivity index (χ3v) is 10.9. The highest BCUT2D eigenvalue weighted by molar-refractivity contribution is 5.96. The van der Waals surface area contributed by atoms with Crippen molar-refractivity contribution in [2.24, 2.45) is 17.4 Å². The first-order chi connectivity index (χ1) is 25.7. The number of nitrogens with one attached hydrogen (secondary N) is 3. The number of nitrogens with two attached hydrogens (primary N) is 2. The maximum atomic E-state index is 13.1. The number of rotatable bonds is 12. The number of carbonyl (C=O) groups excluding carboxylic acids is 3. The quantitative estimate of drug-likeness (QED) is 0.137. The predicted molar refractivity (Wildman–Crippen MR) is 200 cm³/mol. The smallest absolute Gasteiger partial charge is 0.291 e. The first-order valence-electron chi connectivity index (χ1n) is 18.8. The Kier molecular flexibility index (Phi) is 9.27. The molecule has 0 bridgehead atoms. The molecule has 2 saturated heterocycles. The Hall–Kier alpha value is -5.44. The molecule has 0 spiro atoms. The van der Waals surface area contributed by atoms with Gasteiger partial charge in [0.25, 0.3) is 11.8 Å². The fraction of sp³-hybridized carbons (Fsp3) is 0.474. The zero-order valence-corrected chi connectivity index (χ0v) is 30.3. The van der Waals surface area contributed by atoms with Crippen LogP contribution in [0.15, 0.2) is 60.0 Å². The van der Waals surface area contributed by atoms with Crippen molar-refractivity contribution in [1.29, 1.82) is 0 Å². The Morgan fingerprint density at radius 1 is 1.02 bits per heavy atom. The van der Waals surface area contributed by atoms with E-state index in [0.29, 0.717) is 12.2 Å². The van der Waals surface area contributed by atoms with Gasteiger partial charge in [0.1, 0.15) is 11.5 Å². The molecule has 2 saturated carbocycles. The molecule has 15 nitrogen and oxygen atoms in total. The van der Waals surface area contributed by atoms with Crippen LogP contribution < -0.4 is 32.3 Å². The number of allylic oxidation sites excluding steroid dienone is 1. The SMILES string of the molecule is CCC1c2c(cnn2C2CN(Cc3ccnc(C(=O)N4CCCC4)n3)C2)-c2cccc(NC(/C=C(\N)NC(=O)C3CC3)=C(/N)C(=O)NC3CC3)c2N1C. The average Bonchev–Trinajstić information content (AvgIpc) is 4.06. The third kappa shape index (κ3) is 7.04. The number of anilines is 2. The fourth-order valence-electron chi connectivity index (χ4n) is 7.68. The molecule has 1 unspecified atom stereocenters. The van der Waals surface area contributed by atoms with Gasteiger partial charge in [-0.25, -0.2) is 9.97 Å². The van der Waals surface area contributed by atoms with Crippen molar-refractivity contribution in [3.63, 3.8) is 0 Å². The number of carbonyl (C=O) groups is 3. The average molecular weight is 721 g/mol. The van der Waals surface area contributed by atoms with Gasteiger partial charge >= 0.3 is 0 Å². The first-order valence-corrected chi connectivity index (χ1v) is 18.8. The van der Waals surface area contributed by atoms with Gasteiger partial charge in [-0.1, -0.05) is 19.1 Å². The van der Waals surface area contributed by atoms with E-state index in [0.717, 1.165) is 105 Å². The lowest BCUT2D eigenvalue weighted by Crippen LogP contribution is -2.48. The molecule has 4 fully saturated rings. The lowest BCUT2D eigenvalue weighted by atomic mass is 9.91. The van der Waals surface area contributed by atoms with Crippen molar-refractivity contribution in [2.45, 2.75) is 76.5 Å². The largest absolute Gasteiger partial charge is 0.393 e. The second-order valence-corrected chi connectivity index (χ2v) is 14.9. The second kappa shape index (κ2) is 14.2. The Labute approximate surface area is 308 Å². The number of amides is 3. The number of nitrogens with zero attached hydrogens (tertiary/aromatic N) is 7. The minimum absolute atomic E-state index is 0.0111. The predicted octanol–water partition coefficient (Wildman–Crippen LogP) is 2.72. The summed E-state index contributed by atoms with van der Waals surface area (Å²) in [4.78, 5) is 53.8. The van der Waals surface area contributed by atoms with Gasteiger partial charge in [0.05, 0.1) is 46.7 Å². The number of aromatic nitrogens is 4. The van der Waals surface area contributed by atoms with E-state index in [1.165, 1.54) is 6.08 Å². The minimum Gasteiger partial charge on any atom is -0.393 e. The maximum Gasteiger partial charge on any atom is 0.291 e. The van der Waals surface area contributed by atoms with Crippen LogP contribution in [0, 0.1) is 5.92 Å². The summed E-state index contributed by atoms with van der Waals surface area (Å²) in [6, 6.07) is 8.23. The summed E-state index contributed by atoms with van der Waals surface area (Å²) in [7, 11) is 2.08. The molecule has 3 aliphatic heterocycles. The molecule has 278 valence electrons. The van der Waals surface area contributed by atoms with Gasteiger partial charge in [0.15, 0.2) is 0 Å². The van der Waals surface area contributed by atoms with Gasteiger partial charge in [-0.3, -0.25) is 24.0 Å². The van der Waals surface area contributed by atoms with Gasteiger partial charge in [-0.2, -0.15) is 5.10 Å². The fourth-order valence-corrected chi connectivity index (χ4v) is 7.68. The monoisotopic (exact) mass is 720 g/mol. The molecule has 15 heteroatoms. The summed E-state index contributed by atoms with van der Waals surface area (Å²) in [6.07, 6.45) is 11.6. The molecule has 7 N–H and O–H groups in total.